The van der Waals surface area contributed by atoms with Crippen LogP contribution in [0, 0.1) is 0 Å². The molecule has 4 rings (SSSR count). The van der Waals surface area contributed by atoms with Crippen LogP contribution in [0.4, 0.5) is 5.69 Å². The van der Waals surface area contributed by atoms with Gasteiger partial charge in [-0.1, -0.05) is 98.7 Å². The van der Waals surface area contributed by atoms with Gasteiger partial charge < -0.3 is 16.2 Å². The fourth-order valence-electron chi connectivity index (χ4n) is 3.65. The van der Waals surface area contributed by atoms with E-state index in [1.807, 2.05) is 30.3 Å². The highest BCUT2D eigenvalue weighted by atomic mass is 16.3. The normalized spacial score (nSPS) is 13.4. The van der Waals surface area contributed by atoms with Gasteiger partial charge in [0.05, 0.1) is 0 Å². The molecule has 0 bridgehead atoms. The molecule has 1 saturated carbocycles. The molecule has 206 valence electrons. The van der Waals surface area contributed by atoms with E-state index in [1.165, 1.54) is 24.1 Å². The second-order valence-electron chi connectivity index (χ2n) is 13.2. The number of anilines is 1. The van der Waals surface area contributed by atoms with Crippen LogP contribution in [0.1, 0.15) is 102 Å². The number of hydrogen-bond acceptors (Lipinski definition) is 3. The minimum atomic E-state index is -0.369. The first-order valence-corrected chi connectivity index (χ1v) is 13.5. The van der Waals surface area contributed by atoms with Crippen molar-refractivity contribution in [2.75, 3.05) is 5.32 Å². The van der Waals surface area contributed by atoms with Crippen molar-refractivity contribution in [3.05, 3.63) is 95.1 Å². The smallest absolute Gasteiger partial charge is 0.248 e. The average molecular weight is 517 g/mol. The van der Waals surface area contributed by atoms with Crippen LogP contribution < -0.4 is 11.1 Å². The molecule has 0 atom stereocenters. The molecule has 0 unspecified atom stereocenters. The summed E-state index contributed by atoms with van der Waals surface area (Å²) in [4.78, 5) is 10.9. The van der Waals surface area contributed by atoms with Gasteiger partial charge in [-0.15, -0.1) is 0 Å². The van der Waals surface area contributed by atoms with Crippen LogP contribution in [0.15, 0.2) is 72.8 Å². The van der Waals surface area contributed by atoms with E-state index in [4.69, 9.17) is 5.73 Å². The van der Waals surface area contributed by atoms with E-state index in [1.54, 1.807) is 18.2 Å². The zero-order chi connectivity index (χ0) is 28.7. The van der Waals surface area contributed by atoms with Gasteiger partial charge in [0.15, 0.2) is 0 Å². The third kappa shape index (κ3) is 10.6. The van der Waals surface area contributed by atoms with Gasteiger partial charge in [-0.25, -0.2) is 0 Å². The molecule has 38 heavy (non-hydrogen) atoms. The maximum Gasteiger partial charge on any atom is 0.248 e. The van der Waals surface area contributed by atoms with E-state index < -0.39 is 0 Å². The Morgan fingerprint density at radius 1 is 0.711 bits per heavy atom. The zero-order valence-electron chi connectivity index (χ0n) is 24.9. The summed E-state index contributed by atoms with van der Waals surface area (Å²) in [6, 6.07) is 24.4. The van der Waals surface area contributed by atoms with Gasteiger partial charge >= 0.3 is 0 Å². The molecule has 4 N–H and O–H groups in total. The molecule has 0 radical (unpaired) electrons. The molecule has 0 spiro atoms. The van der Waals surface area contributed by atoms with Crippen molar-refractivity contribution in [2.24, 2.45) is 5.73 Å². The third-order valence-electron chi connectivity index (χ3n) is 6.40. The summed E-state index contributed by atoms with van der Waals surface area (Å²) in [6.07, 6.45) is 2.67. The molecule has 1 aliphatic rings. The molecule has 4 nitrogen and oxygen atoms in total. The Morgan fingerprint density at radius 3 is 1.58 bits per heavy atom. The molecule has 1 amide bonds. The summed E-state index contributed by atoms with van der Waals surface area (Å²) in [5, 5.41) is 12.7. The maximum absolute atomic E-state index is 10.9. The molecule has 1 fully saturated rings. The molecule has 3 aromatic rings. The highest BCUT2D eigenvalue weighted by molar-refractivity contribution is 5.92. The quantitative estimate of drug-likeness (QED) is 0.327. The molecule has 0 aromatic heterocycles. The average Bonchev–Trinajstić information content (AvgIpc) is 3.63. The van der Waals surface area contributed by atoms with Gasteiger partial charge in [-0.2, -0.15) is 0 Å². The first-order chi connectivity index (χ1) is 17.5. The number of amides is 1. The van der Waals surface area contributed by atoms with Crippen molar-refractivity contribution in [3.63, 3.8) is 0 Å². The Balaban J connectivity index is 0.000000202. The number of nitrogens with one attached hydrogen (secondary N) is 1. The number of carbonyl (C=O) groups excluding carboxylic acids is 1. The van der Waals surface area contributed by atoms with Crippen molar-refractivity contribution in [2.45, 2.75) is 97.4 Å². The number of primary amides is 1. The van der Waals surface area contributed by atoms with Crippen molar-refractivity contribution in [3.8, 4) is 5.75 Å². The number of phenolic OH excluding ortho intramolecular Hbond substituents is 1. The largest absolute Gasteiger partial charge is 0.508 e. The van der Waals surface area contributed by atoms with Crippen molar-refractivity contribution < 1.29 is 9.90 Å². The van der Waals surface area contributed by atoms with Crippen molar-refractivity contribution in [1.82, 2.24) is 0 Å². The highest BCUT2D eigenvalue weighted by Crippen LogP contribution is 2.29. The summed E-state index contributed by atoms with van der Waals surface area (Å²) >= 11 is 0. The first-order valence-electron chi connectivity index (χ1n) is 13.5. The summed E-state index contributed by atoms with van der Waals surface area (Å²) < 4.78 is 0. The van der Waals surface area contributed by atoms with Crippen LogP contribution in [0.25, 0.3) is 0 Å². The van der Waals surface area contributed by atoms with Crippen LogP contribution in [0.5, 0.6) is 5.75 Å². The number of carbonyl (C=O) groups is 1. The lowest BCUT2D eigenvalue weighted by molar-refractivity contribution is 0.1000. The van der Waals surface area contributed by atoms with Crippen molar-refractivity contribution >= 4 is 11.6 Å². The fraction of sp³-hybridized carbons (Fsp3) is 0.441. The summed E-state index contributed by atoms with van der Waals surface area (Å²) in [7, 11) is 0. The number of benzene rings is 3. The second kappa shape index (κ2) is 12.5. The predicted octanol–water partition coefficient (Wildman–Crippen LogP) is 8.33. The van der Waals surface area contributed by atoms with Crippen LogP contribution in [-0.4, -0.2) is 17.1 Å². The molecule has 3 aromatic carbocycles. The molecule has 4 heteroatoms. The lowest BCUT2D eigenvalue weighted by Gasteiger charge is -2.20. The highest BCUT2D eigenvalue weighted by Gasteiger charge is 2.21. The molecule has 0 saturated heterocycles. The van der Waals surface area contributed by atoms with E-state index in [0.29, 0.717) is 11.3 Å². The maximum atomic E-state index is 10.9. The molecule has 1 aliphatic carbocycles. The van der Waals surface area contributed by atoms with Crippen LogP contribution in [0.2, 0.25) is 0 Å². The summed E-state index contributed by atoms with van der Waals surface area (Å²) in [5.74, 6) is -0.0245. The minimum Gasteiger partial charge on any atom is -0.508 e. The first kappa shape index (κ1) is 31.0. The Morgan fingerprint density at radius 2 is 1.16 bits per heavy atom. The van der Waals surface area contributed by atoms with E-state index in [2.05, 4.69) is 91.9 Å². The van der Waals surface area contributed by atoms with Gasteiger partial charge in [0.2, 0.25) is 5.91 Å². The standard InChI is InChI=1S/C13H19N.C11H15NO.C10H14O/c1-13(2,3)10-5-4-6-12(9-10)14-11-7-8-11;1-11(2,3)9-6-4-5-8(7-9)10(12)13;1-10(2,3)8-5-4-6-9(11)7-8/h4-6,9,11,14H,7-8H2,1-3H3;4-7H,1-3H3,(H2,12,13);4-7,11H,1-3H3. The van der Waals surface area contributed by atoms with Crippen LogP contribution >= 0.6 is 0 Å². The summed E-state index contributed by atoms with van der Waals surface area (Å²) in [5.41, 5.74) is 11.2. The van der Waals surface area contributed by atoms with E-state index in [-0.39, 0.29) is 22.2 Å². The van der Waals surface area contributed by atoms with Gasteiger partial charge in [-0.3, -0.25) is 4.79 Å². The van der Waals surface area contributed by atoms with Gasteiger partial charge in [0.25, 0.3) is 0 Å². The fourth-order valence-corrected chi connectivity index (χ4v) is 3.65. The van der Waals surface area contributed by atoms with Gasteiger partial charge in [0.1, 0.15) is 5.75 Å². The topological polar surface area (TPSA) is 75.4 Å². The van der Waals surface area contributed by atoms with Crippen LogP contribution in [0.3, 0.4) is 0 Å². The summed E-state index contributed by atoms with van der Waals surface area (Å²) in [6.45, 7) is 19.5. The zero-order valence-corrected chi connectivity index (χ0v) is 24.9. The monoisotopic (exact) mass is 516 g/mol. The SMILES string of the molecule is CC(C)(C)c1cccc(C(N)=O)c1.CC(C)(C)c1cccc(NC2CC2)c1.CC(C)(C)c1cccc(O)c1. The number of aromatic hydroxyl groups is 1. The number of phenols is 1. The van der Waals surface area contributed by atoms with Gasteiger partial charge in [-0.05, 0) is 82.2 Å². The molecular formula is C34H48N2O2. The molecular weight excluding hydrogens is 468 g/mol. The Kier molecular flexibility index (Phi) is 10.2. The minimum absolute atomic E-state index is 0.0610. The second-order valence-corrected chi connectivity index (χ2v) is 13.2. The Labute approximate surface area is 230 Å². The number of nitrogens with two attached hydrogens (primary N) is 1. The third-order valence-corrected chi connectivity index (χ3v) is 6.40. The van der Waals surface area contributed by atoms with E-state index in [9.17, 15) is 9.90 Å². The Bertz CT molecular complexity index is 1190. The van der Waals surface area contributed by atoms with Crippen molar-refractivity contribution in [1.29, 1.82) is 0 Å². The lowest BCUT2D eigenvalue weighted by Crippen LogP contribution is -2.15. The van der Waals surface area contributed by atoms with Crippen LogP contribution in [-0.2, 0) is 16.2 Å². The van der Waals surface area contributed by atoms with E-state index >= 15 is 0 Å². The lowest BCUT2D eigenvalue weighted by atomic mass is 9.86. The molecule has 0 heterocycles. The Hall–Kier alpha value is -3.27. The number of rotatable bonds is 3. The predicted molar refractivity (Wildman–Crippen MR) is 162 cm³/mol. The molecule has 0 aliphatic heterocycles. The number of hydrogen-bond donors (Lipinski definition) is 3. The van der Waals surface area contributed by atoms with Gasteiger partial charge in [0, 0.05) is 17.3 Å². The van der Waals surface area contributed by atoms with E-state index in [0.717, 1.165) is 17.2 Å².